The van der Waals surface area contributed by atoms with Gasteiger partial charge in [0.15, 0.2) is 0 Å². The molecule has 0 rings (SSSR count). The molecule has 0 bridgehead atoms. The van der Waals surface area contributed by atoms with E-state index in [0.717, 1.165) is 13.0 Å². The van der Waals surface area contributed by atoms with Crippen LogP contribution in [0.4, 0.5) is 0 Å². The molecule has 0 aromatic heterocycles. The maximum Gasteiger partial charge on any atom is 0.234 e. The van der Waals surface area contributed by atoms with E-state index in [-0.39, 0.29) is 12.5 Å². The molecule has 84 valence electrons. The van der Waals surface area contributed by atoms with Crippen molar-refractivity contribution in [2.75, 3.05) is 26.2 Å². The second-order valence-electron chi connectivity index (χ2n) is 3.64. The molecular weight excluding hydrogens is 180 g/mol. The molecule has 0 atom stereocenters. The summed E-state index contributed by atoms with van der Waals surface area (Å²) < 4.78 is 0. The Morgan fingerprint density at radius 3 is 2.57 bits per heavy atom. The number of nitrogens with one attached hydrogen (secondary N) is 1. The fourth-order valence-electron chi connectivity index (χ4n) is 1.24. The van der Waals surface area contributed by atoms with E-state index in [1.54, 1.807) is 0 Å². The lowest BCUT2D eigenvalue weighted by atomic mass is 10.3. The lowest BCUT2D eigenvalue weighted by molar-refractivity contribution is -0.122. The first-order valence-corrected chi connectivity index (χ1v) is 5.23. The van der Waals surface area contributed by atoms with E-state index in [9.17, 15) is 4.79 Å². The highest BCUT2D eigenvalue weighted by molar-refractivity contribution is 5.78. The Kier molecular flexibility index (Phi) is 7.42. The molecule has 0 fully saturated rings. The zero-order chi connectivity index (χ0) is 11.0. The molecule has 0 heterocycles. The molecule has 0 spiro atoms. The number of aliphatic hydroxyl groups is 1. The third-order valence-electron chi connectivity index (χ3n) is 2.02. The molecule has 4 heteroatoms. The minimum absolute atomic E-state index is 0.00119. The normalized spacial score (nSPS) is 11.0. The van der Waals surface area contributed by atoms with Gasteiger partial charge in [0, 0.05) is 12.6 Å². The van der Waals surface area contributed by atoms with Crippen LogP contribution in [0.25, 0.3) is 0 Å². The van der Waals surface area contributed by atoms with Gasteiger partial charge >= 0.3 is 0 Å². The Labute approximate surface area is 86.3 Å². The predicted molar refractivity (Wildman–Crippen MR) is 57.1 cm³/mol. The van der Waals surface area contributed by atoms with Gasteiger partial charge in [0.25, 0.3) is 0 Å². The molecule has 0 saturated heterocycles. The smallest absolute Gasteiger partial charge is 0.234 e. The number of amides is 1. The molecule has 0 aromatic rings. The molecule has 0 aliphatic carbocycles. The van der Waals surface area contributed by atoms with Gasteiger partial charge in [-0.05, 0) is 26.8 Å². The van der Waals surface area contributed by atoms with Crippen LogP contribution in [0.15, 0.2) is 0 Å². The summed E-state index contributed by atoms with van der Waals surface area (Å²) in [6.45, 7) is 7.96. The summed E-state index contributed by atoms with van der Waals surface area (Å²) in [5, 5.41) is 11.2. The largest absolute Gasteiger partial charge is 0.395 e. The first-order valence-electron chi connectivity index (χ1n) is 5.23. The molecule has 0 aromatic carbocycles. The van der Waals surface area contributed by atoms with Gasteiger partial charge in [-0.2, -0.15) is 0 Å². The van der Waals surface area contributed by atoms with Crippen molar-refractivity contribution in [2.45, 2.75) is 33.2 Å². The number of rotatable bonds is 7. The van der Waals surface area contributed by atoms with E-state index in [1.807, 2.05) is 0 Å². The van der Waals surface area contributed by atoms with Gasteiger partial charge in [-0.1, -0.05) is 6.92 Å². The van der Waals surface area contributed by atoms with Gasteiger partial charge in [0.2, 0.25) is 5.91 Å². The number of carbonyl (C=O) groups is 1. The molecule has 0 saturated carbocycles. The highest BCUT2D eigenvalue weighted by Crippen LogP contribution is 1.98. The Morgan fingerprint density at radius 1 is 1.50 bits per heavy atom. The van der Waals surface area contributed by atoms with Crippen molar-refractivity contribution in [1.82, 2.24) is 10.2 Å². The molecule has 1 amide bonds. The molecule has 0 aliphatic rings. The Hall–Kier alpha value is -0.610. The van der Waals surface area contributed by atoms with Crippen LogP contribution in [-0.2, 0) is 4.79 Å². The molecule has 14 heavy (non-hydrogen) atoms. The maximum absolute atomic E-state index is 11.3. The summed E-state index contributed by atoms with van der Waals surface area (Å²) in [4.78, 5) is 13.4. The molecular formula is C10H22N2O2. The SMILES string of the molecule is CCCN(CC(=O)NCCO)C(C)C. The van der Waals surface area contributed by atoms with Crippen LogP contribution < -0.4 is 5.32 Å². The standard InChI is InChI=1S/C10H22N2O2/c1-4-6-12(9(2)3)8-10(14)11-5-7-13/h9,13H,4-8H2,1-3H3,(H,11,14). The Morgan fingerprint density at radius 2 is 2.14 bits per heavy atom. The summed E-state index contributed by atoms with van der Waals surface area (Å²) in [6.07, 6.45) is 1.05. The van der Waals surface area contributed by atoms with Crippen LogP contribution in [0, 0.1) is 0 Å². The second-order valence-corrected chi connectivity index (χ2v) is 3.64. The zero-order valence-corrected chi connectivity index (χ0v) is 9.42. The van der Waals surface area contributed by atoms with Crippen LogP contribution in [0.2, 0.25) is 0 Å². The first-order chi connectivity index (χ1) is 6.61. The van der Waals surface area contributed by atoms with E-state index >= 15 is 0 Å². The molecule has 0 unspecified atom stereocenters. The van der Waals surface area contributed by atoms with Gasteiger partial charge in [-0.15, -0.1) is 0 Å². The number of hydrogen-bond acceptors (Lipinski definition) is 3. The molecule has 0 radical (unpaired) electrons. The molecule has 4 nitrogen and oxygen atoms in total. The summed E-state index contributed by atoms with van der Waals surface area (Å²) in [6, 6.07) is 0.384. The first kappa shape index (κ1) is 13.4. The van der Waals surface area contributed by atoms with Crippen LogP contribution in [0.5, 0.6) is 0 Å². The van der Waals surface area contributed by atoms with E-state index < -0.39 is 0 Å². The van der Waals surface area contributed by atoms with Crippen molar-refractivity contribution in [3.8, 4) is 0 Å². The minimum Gasteiger partial charge on any atom is -0.395 e. The van der Waals surface area contributed by atoms with Crippen LogP contribution in [0.3, 0.4) is 0 Å². The summed E-state index contributed by atoms with van der Waals surface area (Å²) in [5.41, 5.74) is 0. The van der Waals surface area contributed by atoms with Gasteiger partial charge in [0.1, 0.15) is 0 Å². The van der Waals surface area contributed by atoms with Crippen molar-refractivity contribution in [3.05, 3.63) is 0 Å². The average Bonchev–Trinajstić information content (AvgIpc) is 2.14. The lowest BCUT2D eigenvalue weighted by Crippen LogP contribution is -2.41. The van der Waals surface area contributed by atoms with E-state index in [2.05, 4.69) is 31.0 Å². The Bertz CT molecular complexity index is 160. The highest BCUT2D eigenvalue weighted by Gasteiger charge is 2.12. The summed E-state index contributed by atoms with van der Waals surface area (Å²) in [5.74, 6) is -0.0128. The van der Waals surface area contributed by atoms with Crippen molar-refractivity contribution in [1.29, 1.82) is 0 Å². The minimum atomic E-state index is -0.0128. The molecule has 0 aliphatic heterocycles. The van der Waals surface area contributed by atoms with Crippen LogP contribution >= 0.6 is 0 Å². The maximum atomic E-state index is 11.3. The zero-order valence-electron chi connectivity index (χ0n) is 9.42. The quantitative estimate of drug-likeness (QED) is 0.621. The topological polar surface area (TPSA) is 52.6 Å². The van der Waals surface area contributed by atoms with Crippen molar-refractivity contribution in [2.24, 2.45) is 0 Å². The van der Waals surface area contributed by atoms with Crippen molar-refractivity contribution in [3.63, 3.8) is 0 Å². The van der Waals surface area contributed by atoms with Crippen LogP contribution in [0.1, 0.15) is 27.2 Å². The van der Waals surface area contributed by atoms with Gasteiger partial charge in [-0.25, -0.2) is 0 Å². The third kappa shape index (κ3) is 5.94. The van der Waals surface area contributed by atoms with E-state index in [4.69, 9.17) is 5.11 Å². The third-order valence-corrected chi connectivity index (χ3v) is 2.02. The van der Waals surface area contributed by atoms with E-state index in [1.165, 1.54) is 0 Å². The van der Waals surface area contributed by atoms with Crippen LogP contribution in [-0.4, -0.2) is 48.2 Å². The van der Waals surface area contributed by atoms with Gasteiger partial charge in [-0.3, -0.25) is 9.69 Å². The predicted octanol–water partition coefficient (Wildman–Crippen LogP) is 0.215. The highest BCUT2D eigenvalue weighted by atomic mass is 16.3. The number of aliphatic hydroxyl groups excluding tert-OH is 1. The molecule has 2 N–H and O–H groups in total. The number of carbonyl (C=O) groups excluding carboxylic acids is 1. The monoisotopic (exact) mass is 202 g/mol. The Balaban J connectivity index is 3.83. The average molecular weight is 202 g/mol. The fraction of sp³-hybridized carbons (Fsp3) is 0.900. The number of hydrogen-bond donors (Lipinski definition) is 2. The number of nitrogens with zero attached hydrogens (tertiary/aromatic N) is 1. The van der Waals surface area contributed by atoms with Crippen molar-refractivity contribution >= 4 is 5.91 Å². The van der Waals surface area contributed by atoms with Crippen molar-refractivity contribution < 1.29 is 9.90 Å². The summed E-state index contributed by atoms with van der Waals surface area (Å²) >= 11 is 0. The fourth-order valence-corrected chi connectivity index (χ4v) is 1.24. The lowest BCUT2D eigenvalue weighted by Gasteiger charge is -2.24. The second kappa shape index (κ2) is 7.76. The summed E-state index contributed by atoms with van der Waals surface area (Å²) in [7, 11) is 0. The van der Waals surface area contributed by atoms with Gasteiger partial charge in [0.05, 0.1) is 13.2 Å². The van der Waals surface area contributed by atoms with Gasteiger partial charge < -0.3 is 10.4 Å². The van der Waals surface area contributed by atoms with E-state index in [0.29, 0.717) is 19.1 Å².